The molecule has 0 unspecified atom stereocenters. The van der Waals surface area contributed by atoms with Gasteiger partial charge < -0.3 is 4.74 Å². The van der Waals surface area contributed by atoms with Crippen LogP contribution in [0.15, 0.2) is 79.0 Å². The van der Waals surface area contributed by atoms with Crippen LogP contribution in [0.3, 0.4) is 0 Å². The lowest BCUT2D eigenvalue weighted by molar-refractivity contribution is 0.0675. The Balaban J connectivity index is 1.35. The fourth-order valence-electron chi connectivity index (χ4n) is 4.81. The summed E-state index contributed by atoms with van der Waals surface area (Å²) in [5.41, 5.74) is 2.56. The normalized spacial score (nSPS) is 17.1. The molecule has 1 saturated heterocycles. The Morgan fingerprint density at radius 3 is 2.36 bits per heavy atom. The predicted molar refractivity (Wildman–Crippen MR) is 136 cm³/mol. The molecule has 0 radical (unpaired) electrons. The highest BCUT2D eigenvalue weighted by atomic mass is 35.5. The molecule has 0 aliphatic carbocycles. The highest BCUT2D eigenvalue weighted by molar-refractivity contribution is 6.30. The monoisotopic (exact) mass is 463 g/mol. The van der Waals surface area contributed by atoms with E-state index < -0.39 is 0 Å². The van der Waals surface area contributed by atoms with Crippen LogP contribution in [0, 0.1) is 5.41 Å². The van der Waals surface area contributed by atoms with Crippen molar-refractivity contribution in [1.29, 1.82) is 0 Å². The highest BCUT2D eigenvalue weighted by Crippen LogP contribution is 2.35. The first-order valence-corrected chi connectivity index (χ1v) is 12.2. The van der Waals surface area contributed by atoms with Crippen molar-refractivity contribution in [3.63, 3.8) is 0 Å². The zero-order valence-corrected chi connectivity index (χ0v) is 20.4. The molecule has 174 valence electrons. The molecule has 0 bridgehead atoms. The van der Waals surface area contributed by atoms with E-state index in [1.54, 1.807) is 0 Å². The first kappa shape index (κ1) is 23.7. The van der Waals surface area contributed by atoms with Crippen LogP contribution < -0.4 is 4.74 Å². The average Bonchev–Trinajstić information content (AvgIpc) is 2.83. The van der Waals surface area contributed by atoms with Crippen molar-refractivity contribution in [2.45, 2.75) is 25.8 Å². The molecule has 1 aliphatic rings. The lowest BCUT2D eigenvalue weighted by atomic mass is 9.79. The van der Waals surface area contributed by atoms with Crippen LogP contribution in [0.5, 0.6) is 5.75 Å². The second-order valence-corrected chi connectivity index (χ2v) is 9.87. The summed E-state index contributed by atoms with van der Waals surface area (Å²) in [6, 6.07) is 24.5. The minimum absolute atomic E-state index is 0.109. The summed E-state index contributed by atoms with van der Waals surface area (Å²) >= 11 is 6.16. The molecule has 0 spiro atoms. The third-order valence-corrected chi connectivity index (χ3v) is 6.96. The van der Waals surface area contributed by atoms with Crippen LogP contribution in [-0.4, -0.2) is 54.6 Å². The summed E-state index contributed by atoms with van der Waals surface area (Å²) in [4.78, 5) is 9.67. The summed E-state index contributed by atoms with van der Waals surface area (Å²) in [5.74, 6) is 0.948. The van der Waals surface area contributed by atoms with Crippen molar-refractivity contribution in [3.8, 4) is 5.75 Å². The molecule has 4 nitrogen and oxygen atoms in total. The standard InChI is InChI=1S/C28H34ClN3O/c1-28(15-18-32(19-16-28)20-21-33-25-8-4-3-5-9-25)22-31(2)27(26-10-6-7-17-30-26)23-11-13-24(29)14-12-23/h3-14,17,27H,15-16,18-22H2,1-2H3/t27-/m0/s1. The Bertz CT molecular complexity index is 973. The van der Waals surface area contributed by atoms with Crippen LogP contribution in [-0.2, 0) is 0 Å². The van der Waals surface area contributed by atoms with Crippen LogP contribution in [0.25, 0.3) is 0 Å². The van der Waals surface area contributed by atoms with E-state index in [0.717, 1.165) is 49.3 Å². The van der Waals surface area contributed by atoms with Crippen molar-refractivity contribution in [3.05, 3.63) is 95.3 Å². The van der Waals surface area contributed by atoms with Gasteiger partial charge in [0, 0.05) is 24.3 Å². The molecule has 2 heterocycles. The highest BCUT2D eigenvalue weighted by Gasteiger charge is 2.33. The Morgan fingerprint density at radius 1 is 1.00 bits per heavy atom. The molecule has 0 N–H and O–H groups in total. The molecular weight excluding hydrogens is 430 g/mol. The fraction of sp³-hybridized carbons (Fsp3) is 0.393. The third kappa shape index (κ3) is 6.57. The van der Waals surface area contributed by atoms with E-state index in [0.29, 0.717) is 0 Å². The number of ether oxygens (including phenoxy) is 1. The van der Waals surface area contributed by atoms with E-state index in [1.807, 2.05) is 54.7 Å². The molecule has 1 atom stereocenters. The molecule has 1 aromatic heterocycles. The summed E-state index contributed by atoms with van der Waals surface area (Å²) in [6.45, 7) is 7.38. The van der Waals surface area contributed by atoms with E-state index in [9.17, 15) is 0 Å². The molecule has 1 fully saturated rings. The van der Waals surface area contributed by atoms with Gasteiger partial charge in [0.05, 0.1) is 11.7 Å². The molecule has 2 aromatic carbocycles. The van der Waals surface area contributed by atoms with Gasteiger partial charge in [0.25, 0.3) is 0 Å². The number of benzene rings is 2. The Hall–Kier alpha value is -2.40. The predicted octanol–water partition coefficient (Wildman–Crippen LogP) is 5.94. The zero-order valence-electron chi connectivity index (χ0n) is 19.7. The summed E-state index contributed by atoms with van der Waals surface area (Å²) in [6.07, 6.45) is 4.24. The number of piperidine rings is 1. The van der Waals surface area contributed by atoms with Gasteiger partial charge in [0.2, 0.25) is 0 Å². The van der Waals surface area contributed by atoms with Gasteiger partial charge in [-0.3, -0.25) is 14.8 Å². The minimum atomic E-state index is 0.109. The molecule has 3 aromatic rings. The molecule has 33 heavy (non-hydrogen) atoms. The van der Waals surface area contributed by atoms with Crippen molar-refractivity contribution in [1.82, 2.24) is 14.8 Å². The van der Waals surface area contributed by atoms with Crippen LogP contribution in [0.2, 0.25) is 5.02 Å². The molecule has 5 heteroatoms. The largest absolute Gasteiger partial charge is 0.492 e. The first-order chi connectivity index (χ1) is 16.0. The average molecular weight is 464 g/mol. The van der Waals surface area contributed by atoms with Crippen LogP contribution >= 0.6 is 11.6 Å². The zero-order chi connectivity index (χ0) is 23.1. The van der Waals surface area contributed by atoms with Gasteiger partial charge >= 0.3 is 0 Å². The van der Waals surface area contributed by atoms with Gasteiger partial charge in [-0.1, -0.05) is 54.9 Å². The van der Waals surface area contributed by atoms with Crippen molar-refractivity contribution in [2.75, 3.05) is 39.8 Å². The maximum atomic E-state index is 6.16. The number of hydrogen-bond donors (Lipinski definition) is 0. The number of para-hydroxylation sites is 1. The van der Waals surface area contributed by atoms with Gasteiger partial charge in [-0.15, -0.1) is 0 Å². The number of hydrogen-bond acceptors (Lipinski definition) is 4. The maximum absolute atomic E-state index is 6.16. The SMILES string of the molecule is CN(CC1(C)CCN(CCOc2ccccc2)CC1)[C@@H](c1ccc(Cl)cc1)c1ccccn1. The topological polar surface area (TPSA) is 28.6 Å². The Kier molecular flexibility index (Phi) is 8.02. The van der Waals surface area contributed by atoms with Crippen molar-refractivity contribution >= 4 is 11.6 Å². The molecular formula is C28H34ClN3O. The van der Waals surface area contributed by atoms with Crippen molar-refractivity contribution < 1.29 is 4.74 Å². The van der Waals surface area contributed by atoms with Gasteiger partial charge in [-0.05, 0) is 80.4 Å². The third-order valence-electron chi connectivity index (χ3n) is 6.71. The van der Waals surface area contributed by atoms with Crippen LogP contribution in [0.4, 0.5) is 0 Å². The molecule has 1 aliphatic heterocycles. The van der Waals surface area contributed by atoms with Gasteiger partial charge in [-0.2, -0.15) is 0 Å². The Morgan fingerprint density at radius 2 is 1.70 bits per heavy atom. The smallest absolute Gasteiger partial charge is 0.119 e. The number of likely N-dealkylation sites (tertiary alicyclic amines) is 1. The van der Waals surface area contributed by atoms with E-state index in [2.05, 4.69) is 53.0 Å². The lowest BCUT2D eigenvalue weighted by Gasteiger charge is -2.43. The van der Waals surface area contributed by atoms with Gasteiger partial charge in [-0.25, -0.2) is 0 Å². The summed E-state index contributed by atoms with van der Waals surface area (Å²) in [5, 5.41) is 0.761. The van der Waals surface area contributed by atoms with E-state index >= 15 is 0 Å². The van der Waals surface area contributed by atoms with E-state index in [4.69, 9.17) is 16.3 Å². The van der Waals surface area contributed by atoms with Gasteiger partial charge in [0.1, 0.15) is 12.4 Å². The molecule has 0 amide bonds. The number of pyridine rings is 1. The first-order valence-electron chi connectivity index (χ1n) is 11.8. The minimum Gasteiger partial charge on any atom is -0.492 e. The number of rotatable bonds is 9. The molecule has 0 saturated carbocycles. The van der Waals surface area contributed by atoms with Gasteiger partial charge in [0.15, 0.2) is 0 Å². The quantitative estimate of drug-likeness (QED) is 0.392. The lowest BCUT2D eigenvalue weighted by Crippen LogP contribution is -2.45. The fourth-order valence-corrected chi connectivity index (χ4v) is 4.94. The maximum Gasteiger partial charge on any atom is 0.119 e. The number of aromatic nitrogens is 1. The summed E-state index contributed by atoms with van der Waals surface area (Å²) in [7, 11) is 2.22. The van der Waals surface area contributed by atoms with E-state index in [1.165, 1.54) is 18.4 Å². The second-order valence-electron chi connectivity index (χ2n) is 9.44. The van der Waals surface area contributed by atoms with E-state index in [-0.39, 0.29) is 11.5 Å². The second kappa shape index (κ2) is 11.1. The van der Waals surface area contributed by atoms with Crippen molar-refractivity contribution in [2.24, 2.45) is 5.41 Å². The summed E-state index contributed by atoms with van der Waals surface area (Å²) < 4.78 is 5.90. The molecule has 4 rings (SSSR count). The number of nitrogens with zero attached hydrogens (tertiary/aromatic N) is 3. The van der Waals surface area contributed by atoms with Crippen LogP contribution in [0.1, 0.15) is 37.1 Å². The Labute approximate surface area is 203 Å². The number of halogens is 1.